The summed E-state index contributed by atoms with van der Waals surface area (Å²) in [6, 6.07) is 11.9. The summed E-state index contributed by atoms with van der Waals surface area (Å²) in [5.74, 6) is -0.581. The van der Waals surface area contributed by atoms with E-state index < -0.39 is 50.9 Å². The number of benzene rings is 3. The fraction of sp³-hybridized carbons (Fsp3) is 0.240. The van der Waals surface area contributed by atoms with Gasteiger partial charge in [0.2, 0.25) is 10.0 Å². The molecule has 13 heteroatoms. The minimum Gasteiger partial charge on any atom is -0.469 e. The van der Waals surface area contributed by atoms with Crippen LogP contribution in [-0.2, 0) is 44.9 Å². The van der Waals surface area contributed by atoms with Crippen molar-refractivity contribution in [2.45, 2.75) is 30.2 Å². The van der Waals surface area contributed by atoms with Crippen LogP contribution in [0.3, 0.4) is 0 Å². The van der Waals surface area contributed by atoms with Crippen LogP contribution in [0.1, 0.15) is 22.3 Å². The Bertz CT molecular complexity index is 1420. The molecule has 0 radical (unpaired) electrons. The van der Waals surface area contributed by atoms with E-state index in [1.165, 1.54) is 25.3 Å². The molecule has 0 atom stereocenters. The molecule has 0 saturated carbocycles. The molecule has 6 nitrogen and oxygen atoms in total. The number of rotatable bonds is 8. The summed E-state index contributed by atoms with van der Waals surface area (Å²) < 4.78 is 117. The number of carbonyl (C=O) groups excluding carboxylic acids is 1. The first kappa shape index (κ1) is 29.0. The van der Waals surface area contributed by atoms with Crippen molar-refractivity contribution < 1.29 is 49.0 Å². The average Bonchev–Trinajstić information content (AvgIpc) is 2.84. The average molecular weight is 562 g/mol. The second-order valence-electron chi connectivity index (χ2n) is 8.08. The molecule has 0 aliphatic rings. The highest BCUT2D eigenvalue weighted by molar-refractivity contribution is 7.89. The van der Waals surface area contributed by atoms with Gasteiger partial charge in [-0.3, -0.25) is 4.79 Å². The van der Waals surface area contributed by atoms with E-state index >= 15 is 0 Å². The maximum absolute atomic E-state index is 13.4. The third-order valence-electron chi connectivity index (χ3n) is 5.36. The number of sulfonamides is 1. The molecule has 0 N–H and O–H groups in total. The van der Waals surface area contributed by atoms with Gasteiger partial charge in [-0.15, -0.1) is 0 Å². The van der Waals surface area contributed by atoms with Crippen LogP contribution in [-0.4, -0.2) is 32.8 Å². The van der Waals surface area contributed by atoms with Crippen LogP contribution in [0.15, 0.2) is 71.6 Å². The quantitative estimate of drug-likeness (QED) is 0.247. The van der Waals surface area contributed by atoms with E-state index in [9.17, 15) is 39.6 Å². The topological polar surface area (TPSA) is 72.9 Å². The van der Waals surface area contributed by atoms with Crippen molar-refractivity contribution in [3.8, 4) is 11.5 Å². The third-order valence-corrected chi connectivity index (χ3v) is 7.23. The maximum Gasteiger partial charge on any atom is 0.417 e. The third kappa shape index (κ3) is 6.84. The fourth-order valence-electron chi connectivity index (χ4n) is 3.48. The summed E-state index contributed by atoms with van der Waals surface area (Å²) in [7, 11) is -2.64. The predicted molar refractivity (Wildman–Crippen MR) is 124 cm³/mol. The van der Waals surface area contributed by atoms with Crippen LogP contribution in [0.2, 0.25) is 0 Å². The molecule has 0 fully saturated rings. The number of hydrogen-bond acceptors (Lipinski definition) is 5. The molecule has 0 unspecified atom stereocenters. The van der Waals surface area contributed by atoms with E-state index in [4.69, 9.17) is 4.74 Å². The summed E-state index contributed by atoms with van der Waals surface area (Å²) in [5.41, 5.74) is -2.30. The Labute approximate surface area is 214 Å². The van der Waals surface area contributed by atoms with Crippen molar-refractivity contribution in [2.75, 3.05) is 14.2 Å². The number of ether oxygens (including phenoxy) is 2. The van der Waals surface area contributed by atoms with E-state index in [1.807, 2.05) is 0 Å². The molecule has 0 bridgehead atoms. The van der Waals surface area contributed by atoms with Crippen LogP contribution >= 0.6 is 0 Å². The highest BCUT2D eigenvalue weighted by Crippen LogP contribution is 2.37. The first-order chi connectivity index (χ1) is 17.6. The number of alkyl halides is 6. The lowest BCUT2D eigenvalue weighted by molar-refractivity contribution is -0.140. The van der Waals surface area contributed by atoms with Gasteiger partial charge in [0.15, 0.2) is 0 Å². The fourth-order valence-corrected chi connectivity index (χ4v) is 4.84. The number of halogens is 6. The monoisotopic (exact) mass is 561 g/mol. The van der Waals surface area contributed by atoms with Crippen molar-refractivity contribution in [3.63, 3.8) is 0 Å². The van der Waals surface area contributed by atoms with Crippen LogP contribution in [0.5, 0.6) is 11.5 Å². The largest absolute Gasteiger partial charge is 0.469 e. The molecular formula is C25H21F6NO5S. The maximum atomic E-state index is 13.4. The van der Waals surface area contributed by atoms with Gasteiger partial charge in [0.1, 0.15) is 11.5 Å². The smallest absolute Gasteiger partial charge is 0.417 e. The Balaban J connectivity index is 2.00. The number of carbonyl (C=O) groups is 1. The number of methoxy groups -OCH3 is 1. The second-order valence-corrected chi connectivity index (χ2v) is 10.1. The molecule has 0 amide bonds. The van der Waals surface area contributed by atoms with Gasteiger partial charge in [0.25, 0.3) is 0 Å². The lowest BCUT2D eigenvalue weighted by Crippen LogP contribution is -2.29. The lowest BCUT2D eigenvalue weighted by Gasteiger charge is -2.22. The standard InChI is InChI=1S/C25H21F6NO5S/c1-32(38(34,35)22-9-4-3-8-20(22)25(29,30)31)15-17-14-18(24(26,27)28)10-11-21(17)37-19-7-5-6-16(12-19)13-23(33)36-2/h3-12,14H,13,15H2,1-2H3. The van der Waals surface area contributed by atoms with Crippen molar-refractivity contribution in [2.24, 2.45) is 0 Å². The van der Waals surface area contributed by atoms with Gasteiger partial charge in [-0.1, -0.05) is 24.3 Å². The zero-order valence-electron chi connectivity index (χ0n) is 19.9. The summed E-state index contributed by atoms with van der Waals surface area (Å²) in [4.78, 5) is 10.5. The number of nitrogens with zero attached hydrogens (tertiary/aromatic N) is 1. The SMILES string of the molecule is COC(=O)Cc1cccc(Oc2ccc(C(F)(F)F)cc2CN(C)S(=O)(=O)c2ccccc2C(F)(F)F)c1. The first-order valence-corrected chi connectivity index (χ1v) is 12.2. The highest BCUT2D eigenvalue weighted by Gasteiger charge is 2.38. The summed E-state index contributed by atoms with van der Waals surface area (Å²) >= 11 is 0. The summed E-state index contributed by atoms with van der Waals surface area (Å²) in [6.07, 6.45) is -9.87. The number of esters is 1. The molecule has 0 aliphatic heterocycles. The van der Waals surface area contributed by atoms with Crippen LogP contribution in [0.25, 0.3) is 0 Å². The van der Waals surface area contributed by atoms with Crippen LogP contribution in [0.4, 0.5) is 26.3 Å². The van der Waals surface area contributed by atoms with E-state index in [0.29, 0.717) is 22.0 Å². The molecule has 38 heavy (non-hydrogen) atoms. The van der Waals surface area contributed by atoms with Gasteiger partial charge in [0, 0.05) is 19.2 Å². The van der Waals surface area contributed by atoms with Crippen molar-refractivity contribution in [1.29, 1.82) is 0 Å². The van der Waals surface area contributed by atoms with E-state index in [0.717, 1.165) is 37.4 Å². The van der Waals surface area contributed by atoms with Gasteiger partial charge in [-0.2, -0.15) is 30.6 Å². The molecule has 0 heterocycles. The Kier molecular flexibility index (Phi) is 8.42. The summed E-state index contributed by atoms with van der Waals surface area (Å²) in [5, 5.41) is 0. The van der Waals surface area contributed by atoms with Crippen LogP contribution < -0.4 is 4.74 Å². The van der Waals surface area contributed by atoms with E-state index in [2.05, 4.69) is 4.74 Å². The van der Waals surface area contributed by atoms with Crippen molar-refractivity contribution in [1.82, 2.24) is 4.31 Å². The van der Waals surface area contributed by atoms with Gasteiger partial charge >= 0.3 is 18.3 Å². The number of hydrogen-bond donors (Lipinski definition) is 0. The lowest BCUT2D eigenvalue weighted by atomic mass is 10.1. The normalized spacial score (nSPS) is 12.4. The van der Waals surface area contributed by atoms with E-state index in [-0.39, 0.29) is 23.5 Å². The van der Waals surface area contributed by atoms with Gasteiger partial charge in [-0.05, 0) is 48.0 Å². The van der Waals surface area contributed by atoms with Crippen LogP contribution in [0, 0.1) is 0 Å². The molecule has 0 aromatic heterocycles. The van der Waals surface area contributed by atoms with Crippen molar-refractivity contribution in [3.05, 3.63) is 89.0 Å². The van der Waals surface area contributed by atoms with Gasteiger partial charge in [-0.25, -0.2) is 8.42 Å². The minimum absolute atomic E-state index is 0.104. The molecule has 0 spiro atoms. The molecule has 0 saturated heterocycles. The van der Waals surface area contributed by atoms with Gasteiger partial charge in [0.05, 0.1) is 29.6 Å². The molecular weight excluding hydrogens is 540 g/mol. The summed E-state index contributed by atoms with van der Waals surface area (Å²) in [6.45, 7) is -0.740. The predicted octanol–water partition coefficient (Wildman–Crippen LogP) is 6.05. The van der Waals surface area contributed by atoms with E-state index in [1.54, 1.807) is 6.07 Å². The zero-order chi connectivity index (χ0) is 28.3. The Morgan fingerprint density at radius 1 is 0.895 bits per heavy atom. The molecule has 3 aromatic rings. The highest BCUT2D eigenvalue weighted by atomic mass is 32.2. The molecule has 3 rings (SSSR count). The molecule has 0 aliphatic carbocycles. The zero-order valence-corrected chi connectivity index (χ0v) is 20.7. The second kappa shape index (κ2) is 11.0. The first-order valence-electron chi connectivity index (χ1n) is 10.8. The minimum atomic E-state index is -4.98. The molecule has 204 valence electrons. The Morgan fingerprint density at radius 3 is 2.21 bits per heavy atom. The Morgan fingerprint density at radius 2 is 1.58 bits per heavy atom. The van der Waals surface area contributed by atoms with Crippen molar-refractivity contribution >= 4 is 16.0 Å². The molecule has 3 aromatic carbocycles. The van der Waals surface area contributed by atoms with Gasteiger partial charge < -0.3 is 9.47 Å². The Hall–Kier alpha value is -3.58.